The van der Waals surface area contributed by atoms with Gasteiger partial charge in [0.2, 0.25) is 0 Å². The summed E-state index contributed by atoms with van der Waals surface area (Å²) in [6.45, 7) is 2.43. The first-order valence-electron chi connectivity index (χ1n) is 6.49. The van der Waals surface area contributed by atoms with E-state index in [0.717, 1.165) is 11.1 Å². The van der Waals surface area contributed by atoms with Gasteiger partial charge < -0.3 is 18.9 Å². The summed E-state index contributed by atoms with van der Waals surface area (Å²) in [4.78, 5) is 8.38. The van der Waals surface area contributed by atoms with Gasteiger partial charge in [-0.15, -0.1) is 0 Å². The second-order valence-corrected chi connectivity index (χ2v) is 4.07. The lowest BCUT2D eigenvalue weighted by Gasteiger charge is -2.13. The lowest BCUT2D eigenvalue weighted by Crippen LogP contribution is -1.99. The molecule has 0 atom stereocenters. The molecular formula is C15H18N2O4. The molecule has 2 aromatic heterocycles. The maximum Gasteiger partial charge on any atom is 0.257 e. The molecule has 0 aromatic carbocycles. The fourth-order valence-electron chi connectivity index (χ4n) is 1.99. The number of aromatic nitrogens is 2. The van der Waals surface area contributed by atoms with Gasteiger partial charge in [-0.05, 0) is 19.1 Å². The number of rotatable bonds is 6. The van der Waals surface area contributed by atoms with Crippen molar-refractivity contribution >= 4 is 0 Å². The number of nitrogens with zero attached hydrogens (tertiary/aromatic N) is 2. The highest BCUT2D eigenvalue weighted by Crippen LogP contribution is 2.38. The van der Waals surface area contributed by atoms with Gasteiger partial charge in [-0.2, -0.15) is 0 Å². The number of hydrogen-bond acceptors (Lipinski definition) is 6. The van der Waals surface area contributed by atoms with Gasteiger partial charge in [-0.3, -0.25) is 0 Å². The molecule has 21 heavy (non-hydrogen) atoms. The molecule has 2 rings (SSSR count). The Hall–Kier alpha value is -2.50. The quantitative estimate of drug-likeness (QED) is 0.814. The zero-order valence-electron chi connectivity index (χ0n) is 12.5. The van der Waals surface area contributed by atoms with Crippen LogP contribution in [0.15, 0.2) is 24.5 Å². The molecule has 0 bridgehead atoms. The average Bonchev–Trinajstić information content (AvgIpc) is 2.54. The third-order valence-electron chi connectivity index (χ3n) is 2.89. The number of pyridine rings is 2. The summed E-state index contributed by atoms with van der Waals surface area (Å²) < 4.78 is 21.3. The van der Waals surface area contributed by atoms with E-state index in [2.05, 4.69) is 9.97 Å². The van der Waals surface area contributed by atoms with Crippen LogP contribution in [0.25, 0.3) is 11.1 Å². The maximum atomic E-state index is 5.54. The van der Waals surface area contributed by atoms with Crippen LogP contribution in [0, 0.1) is 0 Å². The van der Waals surface area contributed by atoms with Crippen LogP contribution in [0.5, 0.6) is 23.3 Å². The normalized spacial score (nSPS) is 10.1. The van der Waals surface area contributed by atoms with Gasteiger partial charge in [0.25, 0.3) is 11.8 Å². The second kappa shape index (κ2) is 6.78. The van der Waals surface area contributed by atoms with Gasteiger partial charge >= 0.3 is 0 Å². The van der Waals surface area contributed by atoms with Crippen molar-refractivity contribution < 1.29 is 18.9 Å². The zero-order valence-corrected chi connectivity index (χ0v) is 12.5. The fourth-order valence-corrected chi connectivity index (χ4v) is 1.99. The number of ether oxygens (including phenoxy) is 4. The van der Waals surface area contributed by atoms with Crippen molar-refractivity contribution in [2.75, 3.05) is 27.9 Å². The standard InChI is InChI=1S/C15H18N2O4/c1-5-21-12-8-10(9-17-14(12)19-3)11-6-7-16-15(20-4)13(11)18-2/h6-9H,5H2,1-4H3. The molecule has 6 heteroatoms. The molecule has 0 aliphatic heterocycles. The van der Waals surface area contributed by atoms with Crippen LogP contribution < -0.4 is 18.9 Å². The Bertz CT molecular complexity index is 617. The molecule has 2 aromatic rings. The van der Waals surface area contributed by atoms with E-state index in [1.54, 1.807) is 33.7 Å². The maximum absolute atomic E-state index is 5.54. The lowest BCUT2D eigenvalue weighted by atomic mass is 10.1. The van der Waals surface area contributed by atoms with Gasteiger partial charge in [0.1, 0.15) is 0 Å². The van der Waals surface area contributed by atoms with Gasteiger partial charge in [-0.1, -0.05) is 0 Å². The van der Waals surface area contributed by atoms with Gasteiger partial charge in [-0.25, -0.2) is 9.97 Å². The number of hydrogen-bond donors (Lipinski definition) is 0. The summed E-state index contributed by atoms with van der Waals surface area (Å²) in [7, 11) is 4.68. The van der Waals surface area contributed by atoms with Crippen LogP contribution in [0.4, 0.5) is 0 Å². The van der Waals surface area contributed by atoms with Gasteiger partial charge in [0, 0.05) is 23.5 Å². The predicted octanol–water partition coefficient (Wildman–Crippen LogP) is 2.57. The summed E-state index contributed by atoms with van der Waals surface area (Å²) in [5.74, 6) is 1.99. The smallest absolute Gasteiger partial charge is 0.257 e. The largest absolute Gasteiger partial charge is 0.491 e. The van der Waals surface area contributed by atoms with Crippen LogP contribution in [0.2, 0.25) is 0 Å². The highest BCUT2D eigenvalue weighted by molar-refractivity contribution is 5.73. The Labute approximate surface area is 123 Å². The molecule has 0 unspecified atom stereocenters. The Balaban J connectivity index is 2.54. The highest BCUT2D eigenvalue weighted by Gasteiger charge is 2.15. The van der Waals surface area contributed by atoms with Crippen molar-refractivity contribution in [3.8, 4) is 34.4 Å². The van der Waals surface area contributed by atoms with E-state index in [9.17, 15) is 0 Å². The molecular weight excluding hydrogens is 272 g/mol. The molecule has 112 valence electrons. The van der Waals surface area contributed by atoms with Crippen molar-refractivity contribution in [3.05, 3.63) is 24.5 Å². The fraction of sp³-hybridized carbons (Fsp3) is 0.333. The van der Waals surface area contributed by atoms with E-state index in [0.29, 0.717) is 29.9 Å². The van der Waals surface area contributed by atoms with E-state index in [4.69, 9.17) is 18.9 Å². The summed E-state index contributed by atoms with van der Waals surface area (Å²) >= 11 is 0. The van der Waals surface area contributed by atoms with Crippen molar-refractivity contribution in [2.24, 2.45) is 0 Å². The summed E-state index contributed by atoms with van der Waals surface area (Å²) in [6.07, 6.45) is 3.35. The van der Waals surface area contributed by atoms with E-state index < -0.39 is 0 Å². The summed E-state index contributed by atoms with van der Waals surface area (Å²) in [6, 6.07) is 3.69. The van der Waals surface area contributed by atoms with E-state index in [-0.39, 0.29) is 0 Å². The summed E-state index contributed by atoms with van der Waals surface area (Å²) in [5, 5.41) is 0. The Kier molecular flexibility index (Phi) is 4.81. The van der Waals surface area contributed by atoms with E-state index in [1.807, 2.05) is 19.1 Å². The first-order valence-corrected chi connectivity index (χ1v) is 6.49. The molecule has 0 fully saturated rings. The minimum absolute atomic E-state index is 0.420. The molecule has 2 heterocycles. The zero-order chi connectivity index (χ0) is 15.2. The SMILES string of the molecule is CCOc1cc(-c2ccnc(OC)c2OC)cnc1OC. The molecule has 0 radical (unpaired) electrons. The molecule has 0 aliphatic rings. The first kappa shape index (κ1) is 14.9. The molecule has 0 saturated carbocycles. The van der Waals surface area contributed by atoms with Crippen LogP contribution in [-0.2, 0) is 0 Å². The van der Waals surface area contributed by atoms with Crippen molar-refractivity contribution in [2.45, 2.75) is 6.92 Å². The first-order chi connectivity index (χ1) is 10.2. The molecule has 6 nitrogen and oxygen atoms in total. The topological polar surface area (TPSA) is 62.7 Å². The average molecular weight is 290 g/mol. The van der Waals surface area contributed by atoms with Crippen LogP contribution in [0.3, 0.4) is 0 Å². The van der Waals surface area contributed by atoms with Gasteiger partial charge in [0.05, 0.1) is 27.9 Å². The minimum Gasteiger partial charge on any atom is -0.491 e. The van der Waals surface area contributed by atoms with Gasteiger partial charge in [0.15, 0.2) is 11.5 Å². The monoisotopic (exact) mass is 290 g/mol. The third-order valence-corrected chi connectivity index (χ3v) is 2.89. The molecule has 0 aliphatic carbocycles. The van der Waals surface area contributed by atoms with Crippen molar-refractivity contribution in [1.29, 1.82) is 0 Å². The molecule has 0 spiro atoms. The Morgan fingerprint density at radius 1 is 1.00 bits per heavy atom. The minimum atomic E-state index is 0.420. The number of methoxy groups -OCH3 is 3. The van der Waals surface area contributed by atoms with Crippen LogP contribution in [0.1, 0.15) is 6.92 Å². The lowest BCUT2D eigenvalue weighted by molar-refractivity contribution is 0.304. The van der Waals surface area contributed by atoms with Crippen molar-refractivity contribution in [3.63, 3.8) is 0 Å². The molecule has 0 N–H and O–H groups in total. The molecule has 0 amide bonds. The summed E-state index contributed by atoms with van der Waals surface area (Å²) in [5.41, 5.74) is 1.65. The van der Waals surface area contributed by atoms with Crippen LogP contribution in [-0.4, -0.2) is 37.9 Å². The third kappa shape index (κ3) is 2.99. The molecule has 0 saturated heterocycles. The highest BCUT2D eigenvalue weighted by atomic mass is 16.5. The second-order valence-electron chi connectivity index (χ2n) is 4.07. The Morgan fingerprint density at radius 3 is 2.38 bits per heavy atom. The Morgan fingerprint density at radius 2 is 1.76 bits per heavy atom. The van der Waals surface area contributed by atoms with Crippen molar-refractivity contribution in [1.82, 2.24) is 9.97 Å². The van der Waals surface area contributed by atoms with Crippen LogP contribution >= 0.6 is 0 Å². The predicted molar refractivity (Wildman–Crippen MR) is 78.3 cm³/mol. The van der Waals surface area contributed by atoms with E-state index in [1.165, 1.54) is 0 Å². The van der Waals surface area contributed by atoms with E-state index >= 15 is 0 Å².